The van der Waals surface area contributed by atoms with Crippen molar-refractivity contribution in [2.75, 3.05) is 33.3 Å². The zero-order valence-electron chi connectivity index (χ0n) is 11.9. The molecule has 1 saturated heterocycles. The lowest BCUT2D eigenvalue weighted by Crippen LogP contribution is -2.52. The summed E-state index contributed by atoms with van der Waals surface area (Å²) in [4.78, 5) is 13.8. The van der Waals surface area contributed by atoms with Crippen molar-refractivity contribution in [3.05, 3.63) is 0 Å². The molecule has 1 aliphatic heterocycles. The molecule has 1 fully saturated rings. The number of amides is 1. The van der Waals surface area contributed by atoms with E-state index >= 15 is 0 Å². The third kappa shape index (κ3) is 4.23. The summed E-state index contributed by atoms with van der Waals surface area (Å²) < 4.78 is 5.64. The Balaban J connectivity index is 2.30. The fourth-order valence-corrected chi connectivity index (χ4v) is 2.26. The van der Waals surface area contributed by atoms with Crippen molar-refractivity contribution < 1.29 is 9.53 Å². The SMILES string of the molecule is CCC1CN(CCCC(C)(NC)C(N)=O)CCO1. The number of nitrogens with zero attached hydrogens (tertiary/aromatic N) is 1. The highest BCUT2D eigenvalue weighted by Gasteiger charge is 2.28. The van der Waals surface area contributed by atoms with Crippen molar-refractivity contribution in [2.24, 2.45) is 5.73 Å². The number of likely N-dealkylation sites (N-methyl/N-ethyl adjacent to an activating group) is 1. The smallest absolute Gasteiger partial charge is 0.237 e. The summed E-state index contributed by atoms with van der Waals surface area (Å²) in [5.41, 5.74) is 4.82. The Morgan fingerprint density at radius 2 is 2.33 bits per heavy atom. The molecule has 0 aromatic heterocycles. The maximum absolute atomic E-state index is 11.4. The van der Waals surface area contributed by atoms with Crippen LogP contribution in [0.2, 0.25) is 0 Å². The Bertz CT molecular complexity index is 273. The van der Waals surface area contributed by atoms with Gasteiger partial charge < -0.3 is 15.8 Å². The first-order valence-electron chi connectivity index (χ1n) is 6.84. The van der Waals surface area contributed by atoms with E-state index in [0.29, 0.717) is 6.10 Å². The molecule has 2 unspecified atom stereocenters. The maximum Gasteiger partial charge on any atom is 0.237 e. The lowest BCUT2D eigenvalue weighted by molar-refractivity contribution is -0.124. The number of hydrogen-bond donors (Lipinski definition) is 2. The molecule has 0 radical (unpaired) electrons. The summed E-state index contributed by atoms with van der Waals surface area (Å²) >= 11 is 0. The van der Waals surface area contributed by atoms with Gasteiger partial charge >= 0.3 is 0 Å². The highest BCUT2D eigenvalue weighted by molar-refractivity contribution is 5.84. The fourth-order valence-electron chi connectivity index (χ4n) is 2.26. The van der Waals surface area contributed by atoms with Crippen LogP contribution in [0.4, 0.5) is 0 Å². The van der Waals surface area contributed by atoms with Crippen molar-refractivity contribution in [3.8, 4) is 0 Å². The zero-order chi connectivity index (χ0) is 13.6. The van der Waals surface area contributed by atoms with Crippen molar-refractivity contribution in [1.82, 2.24) is 10.2 Å². The number of primary amides is 1. The molecule has 0 bridgehead atoms. The second-order valence-electron chi connectivity index (χ2n) is 5.25. The van der Waals surface area contributed by atoms with Gasteiger partial charge in [-0.2, -0.15) is 0 Å². The molecular weight excluding hydrogens is 230 g/mol. The van der Waals surface area contributed by atoms with E-state index in [9.17, 15) is 4.79 Å². The highest BCUT2D eigenvalue weighted by Crippen LogP contribution is 2.14. The molecular formula is C13H27N3O2. The van der Waals surface area contributed by atoms with Gasteiger partial charge in [0.1, 0.15) is 0 Å². The highest BCUT2D eigenvalue weighted by atomic mass is 16.5. The largest absolute Gasteiger partial charge is 0.376 e. The molecule has 106 valence electrons. The third-order valence-electron chi connectivity index (χ3n) is 3.92. The van der Waals surface area contributed by atoms with Gasteiger partial charge in [-0.25, -0.2) is 0 Å². The minimum Gasteiger partial charge on any atom is -0.376 e. The van der Waals surface area contributed by atoms with Crippen molar-refractivity contribution >= 4 is 5.91 Å². The van der Waals surface area contributed by atoms with Crippen LogP contribution < -0.4 is 11.1 Å². The predicted octanol–water partition coefficient (Wildman–Crippen LogP) is 0.341. The number of carbonyl (C=O) groups is 1. The average molecular weight is 257 g/mol. The van der Waals surface area contributed by atoms with Crippen LogP contribution in [0, 0.1) is 0 Å². The minimum absolute atomic E-state index is 0.279. The summed E-state index contributed by atoms with van der Waals surface area (Å²) in [5.74, 6) is -0.279. The Labute approximate surface area is 110 Å². The van der Waals surface area contributed by atoms with E-state index in [1.165, 1.54) is 0 Å². The molecule has 1 heterocycles. The Hall–Kier alpha value is -0.650. The molecule has 0 spiro atoms. The molecule has 18 heavy (non-hydrogen) atoms. The van der Waals surface area contributed by atoms with Crippen molar-refractivity contribution in [3.63, 3.8) is 0 Å². The van der Waals surface area contributed by atoms with Crippen LogP contribution in [0.1, 0.15) is 33.1 Å². The molecule has 1 rings (SSSR count). The second-order valence-corrected chi connectivity index (χ2v) is 5.25. The minimum atomic E-state index is -0.587. The number of rotatable bonds is 7. The standard InChI is InChI=1S/C13H27N3O2/c1-4-11-10-16(8-9-18-11)7-5-6-13(2,15-3)12(14)17/h11,15H,4-10H2,1-3H3,(H2,14,17). The summed E-state index contributed by atoms with van der Waals surface area (Å²) in [7, 11) is 1.78. The van der Waals surface area contributed by atoms with Crippen LogP contribution in [0.3, 0.4) is 0 Å². The zero-order valence-corrected chi connectivity index (χ0v) is 11.9. The van der Waals surface area contributed by atoms with Gasteiger partial charge in [-0.15, -0.1) is 0 Å². The van der Waals surface area contributed by atoms with Gasteiger partial charge in [0.05, 0.1) is 18.2 Å². The van der Waals surface area contributed by atoms with Crippen LogP contribution in [-0.4, -0.2) is 55.7 Å². The quantitative estimate of drug-likeness (QED) is 0.690. The van der Waals surface area contributed by atoms with Crippen LogP contribution in [-0.2, 0) is 9.53 Å². The number of morpholine rings is 1. The van der Waals surface area contributed by atoms with Gasteiger partial charge in [-0.3, -0.25) is 9.69 Å². The van der Waals surface area contributed by atoms with Crippen LogP contribution in [0.15, 0.2) is 0 Å². The number of nitrogens with one attached hydrogen (secondary N) is 1. The van der Waals surface area contributed by atoms with Crippen LogP contribution in [0.25, 0.3) is 0 Å². The lowest BCUT2D eigenvalue weighted by atomic mass is 9.95. The number of carbonyl (C=O) groups excluding carboxylic acids is 1. The van der Waals surface area contributed by atoms with Gasteiger partial charge in [-0.05, 0) is 39.8 Å². The van der Waals surface area contributed by atoms with E-state index in [4.69, 9.17) is 10.5 Å². The molecule has 0 aliphatic carbocycles. The lowest BCUT2D eigenvalue weighted by Gasteiger charge is -2.33. The normalized spacial score (nSPS) is 24.7. The topological polar surface area (TPSA) is 67.6 Å². The molecule has 0 aromatic rings. The van der Waals surface area contributed by atoms with Gasteiger partial charge in [-0.1, -0.05) is 6.92 Å². The predicted molar refractivity (Wildman–Crippen MR) is 72.4 cm³/mol. The Kier molecular flexibility index (Phi) is 6.05. The summed E-state index contributed by atoms with van der Waals surface area (Å²) in [6.07, 6.45) is 3.17. The van der Waals surface area contributed by atoms with E-state index in [2.05, 4.69) is 17.1 Å². The number of hydrogen-bond acceptors (Lipinski definition) is 4. The van der Waals surface area contributed by atoms with E-state index in [-0.39, 0.29) is 5.91 Å². The Morgan fingerprint density at radius 3 is 2.89 bits per heavy atom. The van der Waals surface area contributed by atoms with Gasteiger partial charge in [0, 0.05) is 13.1 Å². The fraction of sp³-hybridized carbons (Fsp3) is 0.923. The second kappa shape index (κ2) is 7.07. The van der Waals surface area contributed by atoms with Gasteiger partial charge in [0.25, 0.3) is 0 Å². The summed E-state index contributed by atoms with van der Waals surface area (Å²) in [6.45, 7) is 7.83. The summed E-state index contributed by atoms with van der Waals surface area (Å²) in [6, 6.07) is 0. The molecule has 2 atom stereocenters. The van der Waals surface area contributed by atoms with E-state index in [1.54, 1.807) is 7.05 Å². The maximum atomic E-state index is 11.4. The van der Waals surface area contributed by atoms with Crippen molar-refractivity contribution in [1.29, 1.82) is 0 Å². The van der Waals surface area contributed by atoms with Crippen LogP contribution in [0.5, 0.6) is 0 Å². The van der Waals surface area contributed by atoms with E-state index < -0.39 is 5.54 Å². The molecule has 1 amide bonds. The molecule has 5 nitrogen and oxygen atoms in total. The van der Waals surface area contributed by atoms with Crippen molar-refractivity contribution in [2.45, 2.75) is 44.8 Å². The van der Waals surface area contributed by atoms with Gasteiger partial charge in [0.2, 0.25) is 5.91 Å². The first kappa shape index (κ1) is 15.4. The first-order valence-corrected chi connectivity index (χ1v) is 6.84. The molecule has 3 N–H and O–H groups in total. The first-order chi connectivity index (χ1) is 8.51. The monoisotopic (exact) mass is 257 g/mol. The van der Waals surface area contributed by atoms with Gasteiger partial charge in [0.15, 0.2) is 0 Å². The number of ether oxygens (including phenoxy) is 1. The molecule has 0 saturated carbocycles. The summed E-state index contributed by atoms with van der Waals surface area (Å²) in [5, 5.41) is 3.02. The molecule has 5 heteroatoms. The Morgan fingerprint density at radius 1 is 1.61 bits per heavy atom. The average Bonchev–Trinajstić information content (AvgIpc) is 2.38. The third-order valence-corrected chi connectivity index (χ3v) is 3.92. The van der Waals surface area contributed by atoms with E-state index in [1.807, 2.05) is 6.92 Å². The molecule has 0 aromatic carbocycles. The molecule has 1 aliphatic rings. The number of nitrogens with two attached hydrogens (primary N) is 1. The van der Waals surface area contributed by atoms with E-state index in [0.717, 1.165) is 45.5 Å². The van der Waals surface area contributed by atoms with Crippen LogP contribution >= 0.6 is 0 Å².